The van der Waals surface area contributed by atoms with Gasteiger partial charge in [-0.15, -0.1) is 11.3 Å². The zero-order valence-electron chi connectivity index (χ0n) is 17.8. The van der Waals surface area contributed by atoms with Crippen molar-refractivity contribution in [1.29, 1.82) is 5.26 Å². The van der Waals surface area contributed by atoms with E-state index in [-0.39, 0.29) is 23.3 Å². The van der Waals surface area contributed by atoms with E-state index in [1.807, 2.05) is 32.0 Å². The Kier molecular flexibility index (Phi) is 6.17. The number of anilines is 1. The van der Waals surface area contributed by atoms with E-state index in [0.29, 0.717) is 32.5 Å². The molecule has 160 valence electrons. The zero-order valence-corrected chi connectivity index (χ0v) is 19.4. The average molecular weight is 453 g/mol. The molecule has 31 heavy (non-hydrogen) atoms. The number of hydrogen-bond acceptors (Lipinski definition) is 6. The van der Waals surface area contributed by atoms with Crippen LogP contribution >= 0.6 is 23.1 Å². The Balaban J connectivity index is 1.55. The Morgan fingerprint density at radius 1 is 1.42 bits per heavy atom. The van der Waals surface area contributed by atoms with Gasteiger partial charge in [-0.05, 0) is 56.7 Å². The summed E-state index contributed by atoms with van der Waals surface area (Å²) in [7, 11) is 0. The summed E-state index contributed by atoms with van der Waals surface area (Å²) in [5, 5.41) is 14.3. The molecule has 0 spiro atoms. The highest BCUT2D eigenvalue weighted by Gasteiger charge is 2.25. The van der Waals surface area contributed by atoms with Crippen molar-refractivity contribution in [3.63, 3.8) is 0 Å². The molecule has 1 unspecified atom stereocenters. The van der Waals surface area contributed by atoms with E-state index in [4.69, 9.17) is 0 Å². The van der Waals surface area contributed by atoms with Gasteiger partial charge in [0.1, 0.15) is 11.1 Å². The molecule has 0 bridgehead atoms. The number of nitrogens with zero attached hydrogens (tertiary/aromatic N) is 3. The molecule has 0 saturated carbocycles. The average Bonchev–Trinajstić information content (AvgIpc) is 3.07. The summed E-state index contributed by atoms with van der Waals surface area (Å²) >= 11 is 2.76. The SMILES string of the molecule is CC1CCc2c(sc(NC(=O)CSc3nc4ccccc4c(=O)n3C(C)C)c2C#N)C1. The van der Waals surface area contributed by atoms with Crippen molar-refractivity contribution in [3.8, 4) is 6.07 Å². The second kappa shape index (κ2) is 8.85. The molecule has 8 heteroatoms. The number of hydrogen-bond donors (Lipinski definition) is 1. The number of rotatable bonds is 5. The lowest BCUT2D eigenvalue weighted by molar-refractivity contribution is -0.113. The van der Waals surface area contributed by atoms with Crippen LogP contribution < -0.4 is 10.9 Å². The molecular weight excluding hydrogens is 428 g/mol. The predicted molar refractivity (Wildman–Crippen MR) is 126 cm³/mol. The number of nitriles is 1. The lowest BCUT2D eigenvalue weighted by Gasteiger charge is -2.17. The first-order valence-electron chi connectivity index (χ1n) is 10.4. The molecule has 1 N–H and O–H groups in total. The summed E-state index contributed by atoms with van der Waals surface area (Å²) in [6, 6.07) is 9.45. The van der Waals surface area contributed by atoms with E-state index in [1.54, 1.807) is 10.6 Å². The normalized spacial score (nSPS) is 15.6. The predicted octanol–water partition coefficient (Wildman–Crippen LogP) is 4.77. The molecule has 3 aromatic rings. The van der Waals surface area contributed by atoms with Crippen LogP contribution in [-0.2, 0) is 17.6 Å². The maximum atomic E-state index is 12.9. The highest BCUT2D eigenvalue weighted by Crippen LogP contribution is 2.39. The highest BCUT2D eigenvalue weighted by molar-refractivity contribution is 7.99. The van der Waals surface area contributed by atoms with Crippen molar-refractivity contribution in [2.24, 2.45) is 5.92 Å². The molecule has 2 aromatic heterocycles. The van der Waals surface area contributed by atoms with Crippen LogP contribution in [0.4, 0.5) is 5.00 Å². The minimum atomic E-state index is -0.203. The van der Waals surface area contributed by atoms with E-state index in [2.05, 4.69) is 23.3 Å². The first-order valence-corrected chi connectivity index (χ1v) is 12.2. The van der Waals surface area contributed by atoms with Crippen molar-refractivity contribution in [2.45, 2.75) is 51.2 Å². The van der Waals surface area contributed by atoms with Crippen LogP contribution in [0.1, 0.15) is 49.2 Å². The zero-order chi connectivity index (χ0) is 22.1. The van der Waals surface area contributed by atoms with E-state index in [9.17, 15) is 14.9 Å². The lowest BCUT2D eigenvalue weighted by Crippen LogP contribution is -2.25. The van der Waals surface area contributed by atoms with Gasteiger partial charge in [0, 0.05) is 10.9 Å². The Bertz CT molecular complexity index is 1250. The molecule has 0 fully saturated rings. The number of fused-ring (bicyclic) bond motifs is 2. The Morgan fingerprint density at radius 3 is 2.94 bits per heavy atom. The number of benzene rings is 1. The molecule has 6 nitrogen and oxygen atoms in total. The van der Waals surface area contributed by atoms with Gasteiger partial charge in [0.05, 0.1) is 22.2 Å². The number of thiophene rings is 1. The molecule has 1 amide bonds. The second-order valence-corrected chi connectivity index (χ2v) is 10.2. The number of nitrogens with one attached hydrogen (secondary N) is 1. The standard InChI is InChI=1S/C23H24N4O2S2/c1-13(2)27-22(29)16-6-4-5-7-18(16)25-23(27)30-12-20(28)26-21-17(11-24)15-9-8-14(3)10-19(15)31-21/h4-7,13-14H,8-10,12H2,1-3H3,(H,26,28). The molecular formula is C23H24N4O2S2. The van der Waals surface area contributed by atoms with Crippen molar-refractivity contribution in [2.75, 3.05) is 11.1 Å². The van der Waals surface area contributed by atoms with Gasteiger partial charge >= 0.3 is 0 Å². The summed E-state index contributed by atoms with van der Waals surface area (Å²) < 4.78 is 1.63. The largest absolute Gasteiger partial charge is 0.316 e. The first kappa shape index (κ1) is 21.6. The summed E-state index contributed by atoms with van der Waals surface area (Å²) in [6.07, 6.45) is 2.92. The number of carbonyl (C=O) groups excluding carboxylic acids is 1. The maximum absolute atomic E-state index is 12.9. The topological polar surface area (TPSA) is 87.8 Å². The Labute approximate surface area is 189 Å². The smallest absolute Gasteiger partial charge is 0.262 e. The van der Waals surface area contributed by atoms with Gasteiger partial charge in [0.2, 0.25) is 5.91 Å². The van der Waals surface area contributed by atoms with E-state index in [1.165, 1.54) is 28.0 Å². The van der Waals surface area contributed by atoms with Crippen molar-refractivity contribution in [1.82, 2.24) is 9.55 Å². The van der Waals surface area contributed by atoms with Crippen LogP contribution in [0.5, 0.6) is 0 Å². The molecule has 0 aliphatic heterocycles. The third kappa shape index (κ3) is 4.25. The van der Waals surface area contributed by atoms with Crippen LogP contribution in [0.25, 0.3) is 10.9 Å². The van der Waals surface area contributed by atoms with Crippen LogP contribution in [0.2, 0.25) is 0 Å². The van der Waals surface area contributed by atoms with Crippen LogP contribution in [0.3, 0.4) is 0 Å². The van der Waals surface area contributed by atoms with Gasteiger partial charge in [0.25, 0.3) is 5.56 Å². The summed E-state index contributed by atoms with van der Waals surface area (Å²) in [4.78, 5) is 31.5. The molecule has 1 aliphatic carbocycles. The molecule has 4 rings (SSSR count). The second-order valence-electron chi connectivity index (χ2n) is 8.18. The van der Waals surface area contributed by atoms with Crippen LogP contribution in [0.15, 0.2) is 34.2 Å². The van der Waals surface area contributed by atoms with Crippen LogP contribution in [0, 0.1) is 17.2 Å². The number of thioether (sulfide) groups is 1. The minimum absolute atomic E-state index is 0.0774. The molecule has 2 heterocycles. The Hall–Kier alpha value is -2.63. The number of aromatic nitrogens is 2. The third-order valence-corrected chi connectivity index (χ3v) is 7.62. The van der Waals surface area contributed by atoms with Gasteiger partial charge in [-0.1, -0.05) is 30.8 Å². The monoisotopic (exact) mass is 452 g/mol. The highest BCUT2D eigenvalue weighted by atomic mass is 32.2. The summed E-state index contributed by atoms with van der Waals surface area (Å²) in [5.41, 5.74) is 2.22. The van der Waals surface area contributed by atoms with Gasteiger partial charge < -0.3 is 5.32 Å². The molecule has 1 aromatic carbocycles. The molecule has 1 atom stereocenters. The Morgan fingerprint density at radius 2 is 2.19 bits per heavy atom. The fraction of sp³-hybridized carbons (Fsp3) is 0.391. The minimum Gasteiger partial charge on any atom is -0.316 e. The van der Waals surface area contributed by atoms with E-state index >= 15 is 0 Å². The van der Waals surface area contributed by atoms with Crippen molar-refractivity contribution >= 4 is 44.9 Å². The fourth-order valence-electron chi connectivity index (χ4n) is 3.93. The quantitative estimate of drug-likeness (QED) is 0.445. The van der Waals surface area contributed by atoms with Gasteiger partial charge in [-0.3, -0.25) is 14.2 Å². The van der Waals surface area contributed by atoms with E-state index < -0.39 is 0 Å². The third-order valence-electron chi connectivity index (χ3n) is 5.50. The van der Waals surface area contributed by atoms with Gasteiger partial charge in [-0.25, -0.2) is 4.98 Å². The maximum Gasteiger partial charge on any atom is 0.262 e. The number of carbonyl (C=O) groups is 1. The number of para-hydroxylation sites is 1. The van der Waals surface area contributed by atoms with Crippen LogP contribution in [-0.4, -0.2) is 21.2 Å². The van der Waals surface area contributed by atoms with Crippen molar-refractivity contribution < 1.29 is 4.79 Å². The lowest BCUT2D eigenvalue weighted by atomic mass is 9.89. The van der Waals surface area contributed by atoms with Gasteiger partial charge in [0.15, 0.2) is 5.16 Å². The molecule has 0 radical (unpaired) electrons. The van der Waals surface area contributed by atoms with E-state index in [0.717, 1.165) is 24.8 Å². The summed E-state index contributed by atoms with van der Waals surface area (Å²) in [6.45, 7) is 6.07. The van der Waals surface area contributed by atoms with Crippen molar-refractivity contribution in [3.05, 3.63) is 50.6 Å². The molecule has 0 saturated heterocycles. The molecule has 1 aliphatic rings. The first-order chi connectivity index (χ1) is 14.9. The summed E-state index contributed by atoms with van der Waals surface area (Å²) in [5.74, 6) is 0.510. The fourth-order valence-corrected chi connectivity index (χ4v) is 6.24. The van der Waals surface area contributed by atoms with Gasteiger partial charge in [-0.2, -0.15) is 5.26 Å². The number of amides is 1.